The largest absolute Gasteiger partial charge is 0.493 e. The molecule has 3 heterocycles. The van der Waals surface area contributed by atoms with Gasteiger partial charge in [-0.15, -0.1) is 0 Å². The number of methoxy groups -OCH3 is 2. The van der Waals surface area contributed by atoms with Gasteiger partial charge in [0.05, 0.1) is 43.5 Å². The number of ether oxygens (including phenoxy) is 2. The average Bonchev–Trinajstić information content (AvgIpc) is 3.02. The highest BCUT2D eigenvalue weighted by Crippen LogP contribution is 2.34. The number of pyridine rings is 2. The summed E-state index contributed by atoms with van der Waals surface area (Å²) in [7, 11) is -0.825. The number of rotatable bonds is 5. The van der Waals surface area contributed by atoms with Gasteiger partial charge in [0.25, 0.3) is 10.0 Å². The van der Waals surface area contributed by atoms with Crippen LogP contribution >= 0.6 is 0 Å². The van der Waals surface area contributed by atoms with Gasteiger partial charge in [-0.3, -0.25) is 9.55 Å². The van der Waals surface area contributed by atoms with E-state index in [1.165, 1.54) is 31.0 Å². The number of benzene rings is 1. The summed E-state index contributed by atoms with van der Waals surface area (Å²) in [6, 6.07) is 6.36. The fraction of sp³-hybridized carbons (Fsp3) is 0.167. The Balaban J connectivity index is 1.89. The molecule has 0 aliphatic carbocycles. The Morgan fingerprint density at radius 1 is 1.10 bits per heavy atom. The van der Waals surface area contributed by atoms with Crippen LogP contribution in [0.25, 0.3) is 21.9 Å². The van der Waals surface area contributed by atoms with Gasteiger partial charge in [-0.2, -0.15) is 0 Å². The molecule has 0 spiro atoms. The van der Waals surface area contributed by atoms with Gasteiger partial charge in [-0.05, 0) is 17.7 Å². The first-order valence-electron chi connectivity index (χ1n) is 8.43. The summed E-state index contributed by atoms with van der Waals surface area (Å²) in [5.41, 5.74) is 2.12. The Morgan fingerprint density at radius 2 is 1.83 bits per heavy atom. The van der Waals surface area contributed by atoms with Crippen molar-refractivity contribution in [3.8, 4) is 11.5 Å². The van der Waals surface area contributed by atoms with Gasteiger partial charge in [0.15, 0.2) is 16.5 Å². The second-order valence-electron chi connectivity index (χ2n) is 6.31. The highest BCUT2D eigenvalue weighted by molar-refractivity contribution is 7.89. The van der Waals surface area contributed by atoms with Crippen LogP contribution in [0.1, 0.15) is 5.56 Å². The van der Waals surface area contributed by atoms with Crippen LogP contribution < -0.4 is 20.3 Å². The number of sulfonamides is 1. The van der Waals surface area contributed by atoms with Gasteiger partial charge in [0, 0.05) is 17.6 Å². The Bertz CT molecular complexity index is 1390. The standard InChI is InChI=1S/C18H17N5O5S/c1-27-14-5-11-12(6-15(14)28-2)20-8-13-17(11)23(18(24)22-13)9-10-3-4-16(21-7-10)29(19,25)26/h3-8H,9H2,1-2H3,(H,22,24)(H2,19,25,26). The predicted molar refractivity (Wildman–Crippen MR) is 106 cm³/mol. The molecule has 3 aromatic heterocycles. The lowest BCUT2D eigenvalue weighted by Crippen LogP contribution is -2.18. The van der Waals surface area contributed by atoms with Crippen molar-refractivity contribution >= 4 is 32.0 Å². The maximum absolute atomic E-state index is 12.6. The Labute approximate surface area is 165 Å². The number of aromatic amines is 1. The molecule has 4 rings (SSSR count). The molecular formula is C18H17N5O5S. The zero-order chi connectivity index (χ0) is 20.8. The van der Waals surface area contributed by atoms with E-state index >= 15 is 0 Å². The highest BCUT2D eigenvalue weighted by Gasteiger charge is 2.16. The first-order chi connectivity index (χ1) is 13.8. The predicted octanol–water partition coefficient (Wildman–Crippen LogP) is 0.986. The van der Waals surface area contributed by atoms with Crippen LogP contribution in [0.2, 0.25) is 0 Å². The Hall–Kier alpha value is -3.44. The van der Waals surface area contributed by atoms with Crippen LogP contribution in [0.3, 0.4) is 0 Å². The minimum Gasteiger partial charge on any atom is -0.493 e. The molecular weight excluding hydrogens is 398 g/mol. The zero-order valence-corrected chi connectivity index (χ0v) is 16.4. The van der Waals surface area contributed by atoms with Crippen molar-refractivity contribution in [3.05, 3.63) is 52.7 Å². The van der Waals surface area contributed by atoms with E-state index < -0.39 is 10.0 Å². The normalized spacial score (nSPS) is 11.8. The molecule has 4 aromatic rings. The molecule has 0 aliphatic rings. The third-order valence-electron chi connectivity index (χ3n) is 4.53. The number of hydrogen-bond acceptors (Lipinski definition) is 7. The summed E-state index contributed by atoms with van der Waals surface area (Å²) < 4.78 is 35.0. The van der Waals surface area contributed by atoms with E-state index in [1.807, 2.05) is 0 Å². The molecule has 0 unspecified atom stereocenters. The van der Waals surface area contributed by atoms with Gasteiger partial charge in [0.1, 0.15) is 0 Å². The number of imidazole rings is 1. The fourth-order valence-corrected chi connectivity index (χ4v) is 3.64. The molecule has 150 valence electrons. The summed E-state index contributed by atoms with van der Waals surface area (Å²) >= 11 is 0. The molecule has 3 N–H and O–H groups in total. The monoisotopic (exact) mass is 415 g/mol. The Kier molecular flexibility index (Phi) is 4.47. The van der Waals surface area contributed by atoms with Crippen LogP contribution in [0, 0.1) is 0 Å². The summed E-state index contributed by atoms with van der Waals surface area (Å²) in [5, 5.41) is 5.54. The molecule has 0 aliphatic heterocycles. The number of hydrogen-bond donors (Lipinski definition) is 2. The number of fused-ring (bicyclic) bond motifs is 3. The average molecular weight is 415 g/mol. The van der Waals surface area contributed by atoms with E-state index in [9.17, 15) is 13.2 Å². The quantitative estimate of drug-likeness (QED) is 0.495. The molecule has 0 bridgehead atoms. The van der Waals surface area contributed by atoms with Crippen LogP contribution in [0.5, 0.6) is 11.5 Å². The SMILES string of the molecule is COc1cc2ncc3[nH]c(=O)n(Cc4ccc(S(N)(=O)=O)nc4)c3c2cc1OC. The lowest BCUT2D eigenvalue weighted by Gasteiger charge is -2.11. The molecule has 0 atom stereocenters. The van der Waals surface area contributed by atoms with Crippen molar-refractivity contribution in [2.75, 3.05) is 14.2 Å². The minimum atomic E-state index is -3.89. The van der Waals surface area contributed by atoms with Gasteiger partial charge in [-0.25, -0.2) is 23.3 Å². The van der Waals surface area contributed by atoms with E-state index in [0.717, 1.165) is 0 Å². The van der Waals surface area contributed by atoms with Gasteiger partial charge >= 0.3 is 5.69 Å². The van der Waals surface area contributed by atoms with Crippen molar-refractivity contribution in [1.29, 1.82) is 0 Å². The van der Waals surface area contributed by atoms with E-state index in [0.29, 0.717) is 39.0 Å². The number of nitrogens with zero attached hydrogens (tertiary/aromatic N) is 3. The number of aromatic nitrogens is 4. The Morgan fingerprint density at radius 3 is 2.45 bits per heavy atom. The highest BCUT2D eigenvalue weighted by atomic mass is 32.2. The van der Waals surface area contributed by atoms with Gasteiger partial charge in [0.2, 0.25) is 0 Å². The van der Waals surface area contributed by atoms with E-state index in [4.69, 9.17) is 14.6 Å². The van der Waals surface area contributed by atoms with Crippen LogP contribution in [-0.4, -0.2) is 42.2 Å². The van der Waals surface area contributed by atoms with E-state index in [2.05, 4.69) is 15.0 Å². The molecule has 1 aromatic carbocycles. The first kappa shape index (κ1) is 18.9. The number of H-pyrrole nitrogens is 1. The molecule has 0 fully saturated rings. The van der Waals surface area contributed by atoms with Gasteiger partial charge in [-0.1, -0.05) is 6.07 Å². The van der Waals surface area contributed by atoms with Crippen molar-refractivity contribution in [3.63, 3.8) is 0 Å². The molecule has 0 saturated carbocycles. The molecule has 0 saturated heterocycles. The summed E-state index contributed by atoms with van der Waals surface area (Å²) in [5.74, 6) is 1.03. The smallest absolute Gasteiger partial charge is 0.326 e. The molecule has 0 radical (unpaired) electrons. The first-order valence-corrected chi connectivity index (χ1v) is 9.97. The third-order valence-corrected chi connectivity index (χ3v) is 5.36. The zero-order valence-electron chi connectivity index (χ0n) is 15.5. The van der Waals surface area contributed by atoms with Crippen molar-refractivity contribution in [1.82, 2.24) is 19.5 Å². The molecule has 0 amide bonds. The van der Waals surface area contributed by atoms with Crippen molar-refractivity contribution in [2.45, 2.75) is 11.6 Å². The maximum Gasteiger partial charge on any atom is 0.326 e. The van der Waals surface area contributed by atoms with Gasteiger partial charge < -0.3 is 14.5 Å². The lowest BCUT2D eigenvalue weighted by atomic mass is 10.1. The third kappa shape index (κ3) is 3.30. The number of nitrogens with two attached hydrogens (primary N) is 1. The maximum atomic E-state index is 12.6. The second kappa shape index (κ2) is 6.87. The van der Waals surface area contributed by atoms with Crippen molar-refractivity contribution in [2.24, 2.45) is 5.14 Å². The lowest BCUT2D eigenvalue weighted by molar-refractivity contribution is 0.356. The number of primary sulfonamides is 1. The molecule has 29 heavy (non-hydrogen) atoms. The molecule has 11 heteroatoms. The van der Waals surface area contributed by atoms with E-state index in [1.54, 1.807) is 24.4 Å². The summed E-state index contributed by atoms with van der Waals surface area (Å²) in [6.45, 7) is 0.171. The number of nitrogens with one attached hydrogen (secondary N) is 1. The topological polar surface area (TPSA) is 142 Å². The second-order valence-corrected chi connectivity index (χ2v) is 7.82. The van der Waals surface area contributed by atoms with Crippen molar-refractivity contribution < 1.29 is 17.9 Å². The summed E-state index contributed by atoms with van der Waals surface area (Å²) in [4.78, 5) is 23.6. The fourth-order valence-electron chi connectivity index (χ4n) is 3.18. The minimum absolute atomic E-state index is 0.171. The van der Waals surface area contributed by atoms with Crippen LogP contribution in [-0.2, 0) is 16.6 Å². The summed E-state index contributed by atoms with van der Waals surface area (Å²) in [6.07, 6.45) is 2.95. The molecule has 10 nitrogen and oxygen atoms in total. The van der Waals surface area contributed by atoms with Crippen LogP contribution in [0.15, 0.2) is 46.5 Å². The van der Waals surface area contributed by atoms with E-state index in [-0.39, 0.29) is 17.3 Å². The van der Waals surface area contributed by atoms with Crippen LogP contribution in [0.4, 0.5) is 0 Å².